The fraction of sp³-hybridized carbons (Fsp3) is 0.263. The third kappa shape index (κ3) is 8.16. The van der Waals surface area contributed by atoms with E-state index in [1.165, 1.54) is 12.1 Å². The molecule has 8 aromatic rings. The smallest absolute Gasteiger partial charge is 0.149 e. The van der Waals surface area contributed by atoms with Crippen molar-refractivity contribution in [1.29, 1.82) is 0 Å². The van der Waals surface area contributed by atoms with E-state index in [1.807, 2.05) is 66.9 Å². The van der Waals surface area contributed by atoms with Crippen LogP contribution in [0.4, 0.5) is 0 Å². The molecule has 0 aliphatic carbocycles. The molecule has 2 aromatic heterocycles. The van der Waals surface area contributed by atoms with Crippen molar-refractivity contribution in [2.24, 2.45) is 0 Å². The van der Waals surface area contributed by atoms with Gasteiger partial charge in [-0.3, -0.25) is 9.55 Å². The van der Waals surface area contributed by atoms with Gasteiger partial charge in [-0.2, -0.15) is 0 Å². The summed E-state index contributed by atoms with van der Waals surface area (Å²) in [5.74, 6) is 0.333. The van der Waals surface area contributed by atoms with Crippen molar-refractivity contribution >= 4 is 11.0 Å². The van der Waals surface area contributed by atoms with Gasteiger partial charge in [-0.15, -0.1) is 0 Å². The van der Waals surface area contributed by atoms with E-state index in [4.69, 9.17) is 26.4 Å². The quantitative estimate of drug-likeness (QED) is 0.166. The van der Waals surface area contributed by atoms with Gasteiger partial charge in [0.1, 0.15) is 11.6 Å². The van der Waals surface area contributed by atoms with E-state index in [1.54, 1.807) is 60.8 Å². The molecule has 0 atom stereocenters. The molecule has 61 heavy (non-hydrogen) atoms. The molecule has 0 saturated heterocycles. The van der Waals surface area contributed by atoms with Crippen molar-refractivity contribution in [3.8, 4) is 67.5 Å². The highest BCUT2D eigenvalue weighted by molar-refractivity contribution is 5.98. The molecule has 0 saturated carbocycles. The third-order valence-electron chi connectivity index (χ3n) is 11.5. The number of phenolic OH excluding ortho intramolecular Hbond substituents is 1. The van der Waals surface area contributed by atoms with Gasteiger partial charge < -0.3 is 5.11 Å². The Bertz CT molecular complexity index is 3300. The van der Waals surface area contributed by atoms with Gasteiger partial charge in [0.15, 0.2) is 0 Å². The molecule has 0 amide bonds. The van der Waals surface area contributed by atoms with Gasteiger partial charge in [0.25, 0.3) is 0 Å². The molecule has 6 aromatic carbocycles. The number of nitrogens with zero attached hydrogens (tertiary/aromatic N) is 3. The molecule has 4 nitrogen and oxygen atoms in total. The highest BCUT2D eigenvalue weighted by Gasteiger charge is 2.27. The normalized spacial score (nSPS) is 16.0. The second kappa shape index (κ2) is 16.0. The monoisotopic (exact) mass is 814 g/mol. The van der Waals surface area contributed by atoms with Gasteiger partial charge in [-0.1, -0.05) is 160 Å². The van der Waals surface area contributed by atoms with Crippen LogP contribution in [-0.4, -0.2) is 19.6 Å². The largest absolute Gasteiger partial charge is 0.507 e. The lowest BCUT2D eigenvalue weighted by molar-refractivity contribution is 0.466. The first-order chi connectivity index (χ1) is 33.9. The second-order valence-corrected chi connectivity index (χ2v) is 17.7. The number of benzene rings is 6. The number of para-hydroxylation sites is 1. The first-order valence-corrected chi connectivity index (χ1v) is 20.8. The molecule has 0 fully saturated rings. The summed E-state index contributed by atoms with van der Waals surface area (Å²) in [4.78, 5) is 10.3. The summed E-state index contributed by atoms with van der Waals surface area (Å²) in [5, 5.41) is 12.4. The van der Waals surface area contributed by atoms with Gasteiger partial charge in [0.2, 0.25) is 0 Å². The minimum Gasteiger partial charge on any atom is -0.507 e. The van der Waals surface area contributed by atoms with E-state index in [2.05, 4.69) is 52.8 Å². The Morgan fingerprint density at radius 1 is 0.590 bits per heavy atom. The van der Waals surface area contributed by atoms with Crippen LogP contribution in [0.2, 0.25) is 0 Å². The Kier molecular flexibility index (Phi) is 7.61. The van der Waals surface area contributed by atoms with Gasteiger partial charge in [-0.25, -0.2) is 4.98 Å². The number of pyridine rings is 1. The van der Waals surface area contributed by atoms with Crippen molar-refractivity contribution in [1.82, 2.24) is 14.5 Å². The summed E-state index contributed by atoms with van der Waals surface area (Å²) < 4.78 is 103. The molecule has 308 valence electrons. The van der Waals surface area contributed by atoms with Crippen molar-refractivity contribution < 1.29 is 21.6 Å². The molecule has 0 radical (unpaired) electrons. The minimum absolute atomic E-state index is 0.0256. The Labute approximate surface area is 379 Å². The maximum Gasteiger partial charge on any atom is 0.149 e. The molecule has 0 bridgehead atoms. The summed E-state index contributed by atoms with van der Waals surface area (Å²) in [5.41, 5.74) is 6.59. The van der Waals surface area contributed by atoms with Crippen LogP contribution < -0.4 is 0 Å². The van der Waals surface area contributed by atoms with Crippen LogP contribution in [-0.2, 0) is 10.8 Å². The SMILES string of the molecule is [2H]C([2H])([2H])c1ccc(-c2ccnc(-c3cc(-c4cccc5c4nc(-c4cc(C(C)C)cc(C(C)C)c4O)n5-c4ccc(C(C([2H])([2H])[2H])(C([2H])([2H])[2H])C([2H])([2H])[2H])cc4-c4ccccc4)cc(C(C)(C)C)c3)c2)cc1. The maximum absolute atomic E-state index is 12.4. The lowest BCUT2D eigenvalue weighted by atomic mass is 9.83. The first kappa shape index (κ1) is 29.1. The zero-order valence-corrected chi connectivity index (χ0v) is 35.7. The molecule has 2 heterocycles. The summed E-state index contributed by atoms with van der Waals surface area (Å²) in [7, 11) is 0. The fourth-order valence-electron chi connectivity index (χ4n) is 7.99. The number of fused-ring (bicyclic) bond motifs is 1. The molecular formula is C57H59N3O. The van der Waals surface area contributed by atoms with E-state index in [0.29, 0.717) is 50.5 Å². The number of aromatic hydroxyl groups is 1. The molecule has 0 aliphatic rings. The topological polar surface area (TPSA) is 50.9 Å². The Morgan fingerprint density at radius 3 is 2.03 bits per heavy atom. The van der Waals surface area contributed by atoms with E-state index >= 15 is 0 Å². The van der Waals surface area contributed by atoms with Gasteiger partial charge in [0.05, 0.1) is 28.0 Å². The average Bonchev–Trinajstić information content (AvgIpc) is 3.69. The van der Waals surface area contributed by atoms with E-state index < -0.39 is 38.4 Å². The summed E-state index contributed by atoms with van der Waals surface area (Å²) in [6.07, 6.45) is 1.73. The van der Waals surface area contributed by atoms with Crippen LogP contribution in [0, 0.1) is 6.85 Å². The van der Waals surface area contributed by atoms with Crippen LogP contribution in [0.1, 0.15) is 125 Å². The molecule has 4 heteroatoms. The van der Waals surface area contributed by atoms with Crippen LogP contribution in [0.3, 0.4) is 0 Å². The molecule has 1 N–H and O–H groups in total. The van der Waals surface area contributed by atoms with Gasteiger partial charge in [-0.05, 0) is 123 Å². The number of hydrogen-bond donors (Lipinski definition) is 1. The van der Waals surface area contributed by atoms with E-state index in [9.17, 15) is 5.11 Å². The number of phenols is 1. The third-order valence-corrected chi connectivity index (χ3v) is 11.5. The number of aromatic nitrogens is 3. The molecular weight excluding hydrogens is 743 g/mol. The minimum atomic E-state index is -3.50. The number of aryl methyl sites for hydroxylation is 1. The number of rotatable bonds is 8. The van der Waals surface area contributed by atoms with Crippen molar-refractivity contribution in [3.05, 3.63) is 167 Å². The predicted octanol–water partition coefficient (Wildman–Crippen LogP) is 15.6. The lowest BCUT2D eigenvalue weighted by Crippen LogP contribution is -2.12. The van der Waals surface area contributed by atoms with Crippen molar-refractivity contribution in [2.75, 3.05) is 0 Å². The van der Waals surface area contributed by atoms with Crippen LogP contribution in [0.15, 0.2) is 140 Å². The summed E-state index contributed by atoms with van der Waals surface area (Å²) in [6, 6.07) is 39.9. The van der Waals surface area contributed by atoms with E-state index in [-0.39, 0.29) is 28.6 Å². The molecule has 0 unspecified atom stereocenters. The standard InChI is InChI=1S/C57H59N3O/c1-35(2)41-31-47(36(3)4)54(61)49(32-41)55-59-53-46(18-15-19-52(53)60(55)51-25-24-44(56(6,7)8)34-48(51)39-16-13-12-14-17-39)42-28-43(30-45(29-42)57(9,10)11)50-33-40(26-27-58-50)38-22-20-37(5)21-23-38/h12-36,61H,1-11H3/i5D3,6D3,7D3,8D3. The Morgan fingerprint density at radius 2 is 1.34 bits per heavy atom. The lowest BCUT2D eigenvalue weighted by Gasteiger charge is -2.23. The fourth-order valence-corrected chi connectivity index (χ4v) is 7.99. The summed E-state index contributed by atoms with van der Waals surface area (Å²) >= 11 is 0. The van der Waals surface area contributed by atoms with Gasteiger partial charge in [0, 0.05) is 39.3 Å². The number of hydrogen-bond acceptors (Lipinski definition) is 3. The highest BCUT2D eigenvalue weighted by atomic mass is 16.3. The van der Waals surface area contributed by atoms with Crippen molar-refractivity contribution in [3.63, 3.8) is 0 Å². The maximum atomic E-state index is 12.4. The van der Waals surface area contributed by atoms with Crippen LogP contribution in [0.25, 0.3) is 72.7 Å². The Hall–Kier alpha value is -6.26. The number of imidazole rings is 1. The first-order valence-electron chi connectivity index (χ1n) is 26.8. The summed E-state index contributed by atoms with van der Waals surface area (Å²) in [6.45, 7) is 1.81. The molecule has 0 aliphatic heterocycles. The molecule has 8 rings (SSSR count). The zero-order valence-electron chi connectivity index (χ0n) is 47.7. The molecule has 0 spiro atoms. The highest BCUT2D eigenvalue weighted by Crippen LogP contribution is 2.45. The van der Waals surface area contributed by atoms with Crippen LogP contribution in [0.5, 0.6) is 5.75 Å². The second-order valence-electron chi connectivity index (χ2n) is 17.7. The predicted molar refractivity (Wildman–Crippen MR) is 258 cm³/mol. The van der Waals surface area contributed by atoms with Gasteiger partial charge >= 0.3 is 0 Å². The zero-order chi connectivity index (χ0) is 53.4. The van der Waals surface area contributed by atoms with Crippen LogP contribution >= 0.6 is 0 Å². The van der Waals surface area contributed by atoms with E-state index in [0.717, 1.165) is 38.9 Å². The average molecular weight is 814 g/mol. The Balaban J connectivity index is 1.46. The van der Waals surface area contributed by atoms with Crippen molar-refractivity contribution in [2.45, 2.75) is 98.5 Å².